The molecule has 1 atom stereocenters. The Hall–Kier alpha value is -3.19. The number of nitrogens with zero attached hydrogens (tertiary/aromatic N) is 2. The van der Waals surface area contributed by atoms with Crippen molar-refractivity contribution in [3.05, 3.63) is 35.1 Å². The topological polar surface area (TPSA) is 113 Å². The molecule has 0 bridgehead atoms. The van der Waals surface area contributed by atoms with E-state index in [4.69, 9.17) is 15.6 Å². The van der Waals surface area contributed by atoms with Crippen molar-refractivity contribution >= 4 is 23.6 Å². The lowest BCUT2D eigenvalue weighted by Gasteiger charge is -2.46. The van der Waals surface area contributed by atoms with Crippen LogP contribution in [-0.2, 0) is 26.3 Å². The Morgan fingerprint density at radius 3 is 2.03 bits per heavy atom. The summed E-state index contributed by atoms with van der Waals surface area (Å²) in [6.45, 7) is 4.76. The van der Waals surface area contributed by atoms with Crippen molar-refractivity contribution in [3.8, 4) is 0 Å². The van der Waals surface area contributed by atoms with Crippen LogP contribution in [0.3, 0.4) is 0 Å². The van der Waals surface area contributed by atoms with Crippen LogP contribution < -0.4 is 5.73 Å². The van der Waals surface area contributed by atoms with Crippen molar-refractivity contribution in [3.63, 3.8) is 0 Å². The Morgan fingerprint density at radius 1 is 1.11 bits per heavy atom. The number of carboxylic acids is 1. The van der Waals surface area contributed by atoms with Gasteiger partial charge in [-0.05, 0) is 51.3 Å². The second-order valence-corrected chi connectivity index (χ2v) is 9.68. The van der Waals surface area contributed by atoms with E-state index in [2.05, 4.69) is 4.99 Å². The zero-order valence-electron chi connectivity index (χ0n) is 20.3. The van der Waals surface area contributed by atoms with E-state index in [1.54, 1.807) is 20.8 Å². The van der Waals surface area contributed by atoms with Gasteiger partial charge in [-0.3, -0.25) is 14.5 Å². The Bertz CT molecular complexity index is 1120. The quantitative estimate of drug-likeness (QED) is 0.551. The van der Waals surface area contributed by atoms with Gasteiger partial charge in [0.05, 0.1) is 5.41 Å². The van der Waals surface area contributed by atoms with Crippen LogP contribution >= 0.6 is 0 Å². The highest BCUT2D eigenvalue weighted by molar-refractivity contribution is 6.01. The van der Waals surface area contributed by atoms with Gasteiger partial charge in [-0.25, -0.2) is 14.2 Å². The third-order valence-electron chi connectivity index (χ3n) is 7.18. The number of Topliss-reactive ketones (excluding diaryl/α,β-unsaturated/α-hetero) is 1. The summed E-state index contributed by atoms with van der Waals surface area (Å²) in [5.41, 5.74) is 1.20. The molecule has 1 aromatic rings. The molecule has 0 radical (unpaired) electrons. The van der Waals surface area contributed by atoms with Crippen molar-refractivity contribution in [2.24, 2.45) is 21.6 Å². The van der Waals surface area contributed by atoms with Crippen LogP contribution in [0.15, 0.2) is 23.2 Å². The van der Waals surface area contributed by atoms with Gasteiger partial charge in [0.15, 0.2) is 11.7 Å². The van der Waals surface area contributed by atoms with Gasteiger partial charge in [0.2, 0.25) is 5.91 Å². The fourth-order valence-corrected chi connectivity index (χ4v) is 4.23. The monoisotopic (exact) mass is 541 g/mol. The first-order chi connectivity index (χ1) is 16.6. The normalized spacial score (nSPS) is 22.8. The summed E-state index contributed by atoms with van der Waals surface area (Å²) in [5.74, 6) is -4.82. The lowest BCUT2D eigenvalue weighted by molar-refractivity contribution is -0.241. The van der Waals surface area contributed by atoms with Gasteiger partial charge in [0.1, 0.15) is 16.8 Å². The van der Waals surface area contributed by atoms with Gasteiger partial charge in [0.25, 0.3) is 0 Å². The van der Waals surface area contributed by atoms with Crippen molar-refractivity contribution in [2.45, 2.75) is 64.3 Å². The molecule has 2 aliphatic rings. The molecule has 1 heterocycles. The van der Waals surface area contributed by atoms with Crippen LogP contribution in [0, 0.1) is 16.6 Å². The Kier molecular flexibility index (Phi) is 7.79. The number of rotatable bonds is 4. The molecule has 0 saturated heterocycles. The van der Waals surface area contributed by atoms with Crippen molar-refractivity contribution in [1.82, 2.24) is 4.90 Å². The molecule has 7 nitrogen and oxygen atoms in total. The average molecular weight is 541 g/mol. The molecule has 1 aliphatic carbocycles. The summed E-state index contributed by atoms with van der Waals surface area (Å²) in [4.78, 5) is 39.8. The molecule has 0 aromatic heterocycles. The molecule has 1 fully saturated rings. The lowest BCUT2D eigenvalue weighted by Crippen LogP contribution is -2.58. The number of hydrogen-bond donors (Lipinski definition) is 2. The van der Waals surface area contributed by atoms with E-state index in [1.807, 2.05) is 0 Å². The summed E-state index contributed by atoms with van der Waals surface area (Å²) < 4.78 is 87.0. The number of benzene rings is 1. The van der Waals surface area contributed by atoms with E-state index < -0.39 is 52.7 Å². The molecular formula is C23H26F7N3O4. The molecule has 3 rings (SSSR count). The molecule has 1 aromatic carbocycles. The first-order valence-electron chi connectivity index (χ1n) is 10.9. The Morgan fingerprint density at radius 2 is 1.62 bits per heavy atom. The maximum absolute atomic E-state index is 14.8. The van der Waals surface area contributed by atoms with Gasteiger partial charge in [0, 0.05) is 19.0 Å². The number of ketones is 1. The van der Waals surface area contributed by atoms with E-state index in [0.29, 0.717) is 6.42 Å². The number of aliphatic imine (C=N–C) groups is 1. The molecule has 0 unspecified atom stereocenters. The molecule has 1 amide bonds. The minimum Gasteiger partial charge on any atom is -0.475 e. The lowest BCUT2D eigenvalue weighted by atomic mass is 9.64. The molecule has 0 spiro atoms. The number of amides is 1. The number of carboxylic acid groups (broad SMARTS) is 1. The highest BCUT2D eigenvalue weighted by atomic mass is 19.4. The minimum absolute atomic E-state index is 0.0110. The zero-order valence-corrected chi connectivity index (χ0v) is 20.3. The first-order valence-corrected chi connectivity index (χ1v) is 10.9. The van der Waals surface area contributed by atoms with E-state index in [9.17, 15) is 40.3 Å². The number of carbonyl (C=O) groups excluding carboxylic acids is 2. The van der Waals surface area contributed by atoms with Gasteiger partial charge >= 0.3 is 18.3 Å². The van der Waals surface area contributed by atoms with E-state index in [1.165, 1.54) is 24.1 Å². The molecule has 37 heavy (non-hydrogen) atoms. The second kappa shape index (κ2) is 9.60. The maximum Gasteiger partial charge on any atom is 0.490 e. The Labute approximate surface area is 207 Å². The van der Waals surface area contributed by atoms with Crippen LogP contribution in [0.2, 0.25) is 0 Å². The summed E-state index contributed by atoms with van der Waals surface area (Å²) in [6, 6.07) is 3.71. The number of halogens is 7. The number of nitrogens with two attached hydrogens (primary N) is 1. The Balaban J connectivity index is 0.000000604. The molecule has 1 saturated carbocycles. The molecule has 3 N–H and O–H groups in total. The summed E-state index contributed by atoms with van der Waals surface area (Å²) in [6.07, 6.45) is -10.3. The van der Waals surface area contributed by atoms with E-state index in [0.717, 1.165) is 6.07 Å². The molecule has 14 heteroatoms. The van der Waals surface area contributed by atoms with Crippen molar-refractivity contribution < 1.29 is 50.2 Å². The van der Waals surface area contributed by atoms with E-state index >= 15 is 0 Å². The number of guanidine groups is 1. The largest absolute Gasteiger partial charge is 0.490 e. The smallest absolute Gasteiger partial charge is 0.475 e. The predicted molar refractivity (Wildman–Crippen MR) is 117 cm³/mol. The second-order valence-electron chi connectivity index (χ2n) is 9.68. The maximum atomic E-state index is 14.8. The zero-order chi connectivity index (χ0) is 28.8. The molecule has 206 valence electrons. The summed E-state index contributed by atoms with van der Waals surface area (Å²) in [7, 11) is 1.46. The molecule has 1 aliphatic heterocycles. The third kappa shape index (κ3) is 5.28. The third-order valence-corrected chi connectivity index (χ3v) is 7.18. The van der Waals surface area contributed by atoms with Crippen LogP contribution in [0.4, 0.5) is 30.7 Å². The van der Waals surface area contributed by atoms with Crippen molar-refractivity contribution in [2.75, 3.05) is 7.05 Å². The average Bonchev–Trinajstić information content (AvgIpc) is 2.70. The fraction of sp³-hybridized carbons (Fsp3) is 0.565. The van der Waals surface area contributed by atoms with E-state index in [-0.39, 0.29) is 35.8 Å². The van der Waals surface area contributed by atoms with Crippen LogP contribution in [-0.4, -0.2) is 53.0 Å². The van der Waals surface area contributed by atoms with Gasteiger partial charge in [-0.2, -0.15) is 26.3 Å². The standard InChI is InChI=1S/C21H25F4N3O2.C2HF3O2/c1-18(2)16(30)28(4)17(26)27-19(18,3)13-10-12(6-7-14(13)22)11-15(29)20(8-5-9-20)21(23,24)25;3-2(4,5)1(6)7/h6-7,10H,5,8-9,11H2,1-4H3,(H2,26,27);(H,6,7)/t19-;/m1./s1. The van der Waals surface area contributed by atoms with Crippen LogP contribution in [0.5, 0.6) is 0 Å². The summed E-state index contributed by atoms with van der Waals surface area (Å²) >= 11 is 0. The van der Waals surface area contributed by atoms with Gasteiger partial charge in [-0.15, -0.1) is 0 Å². The highest BCUT2D eigenvalue weighted by Crippen LogP contribution is 2.54. The van der Waals surface area contributed by atoms with Gasteiger partial charge < -0.3 is 10.8 Å². The highest BCUT2D eigenvalue weighted by Gasteiger charge is 2.62. The van der Waals surface area contributed by atoms with Crippen LogP contribution in [0.1, 0.15) is 51.2 Å². The minimum atomic E-state index is -5.08. The number of aliphatic carboxylic acids is 1. The predicted octanol–water partition coefficient (Wildman–Crippen LogP) is 4.33. The fourth-order valence-electron chi connectivity index (χ4n) is 4.23. The first kappa shape index (κ1) is 30.0. The van der Waals surface area contributed by atoms with Crippen LogP contribution in [0.25, 0.3) is 0 Å². The summed E-state index contributed by atoms with van der Waals surface area (Å²) in [5, 5.41) is 7.12. The van der Waals surface area contributed by atoms with Crippen molar-refractivity contribution in [1.29, 1.82) is 0 Å². The number of hydrogen-bond acceptors (Lipinski definition) is 5. The van der Waals surface area contributed by atoms with Gasteiger partial charge in [-0.1, -0.05) is 12.5 Å². The number of carbonyl (C=O) groups is 3. The SMILES string of the molecule is CN1C(=O)C(C)(C)[C@@](C)(c2cc(CC(=O)C3(C(F)(F)F)CCC3)ccc2F)N=C1N.O=C(O)C(F)(F)F. The number of alkyl halides is 6. The molecular weight excluding hydrogens is 515 g/mol.